The smallest absolute Gasteiger partial charge is 0.348 e. The predicted octanol–water partition coefficient (Wildman–Crippen LogP) is 0.691. The van der Waals surface area contributed by atoms with Crippen molar-refractivity contribution in [3.63, 3.8) is 0 Å². The Morgan fingerprint density at radius 3 is 2.70 bits per heavy atom. The molecule has 0 aromatic heterocycles. The van der Waals surface area contributed by atoms with Crippen LogP contribution < -0.4 is 0 Å². The zero-order valence-corrected chi connectivity index (χ0v) is 4.96. The minimum atomic E-state index is -1.20. The van der Waals surface area contributed by atoms with Crippen LogP contribution in [0.15, 0.2) is 12.1 Å². The van der Waals surface area contributed by atoms with E-state index >= 15 is 0 Å². The zero-order valence-electron chi connectivity index (χ0n) is 4.96. The van der Waals surface area contributed by atoms with Crippen LogP contribution >= 0.6 is 0 Å². The Balaban J connectivity index is 3.15. The van der Waals surface area contributed by atoms with Crippen LogP contribution in [0.5, 0.6) is 5.75 Å². The molecule has 0 fully saturated rings. The molecule has 0 aliphatic rings. The van der Waals surface area contributed by atoms with Gasteiger partial charge < -0.3 is 10.2 Å². The van der Waals surface area contributed by atoms with Crippen LogP contribution in [-0.2, 0) is 0 Å². The Hall–Kier alpha value is -1.69. The third-order valence-corrected chi connectivity index (χ3v) is 0.992. The summed E-state index contributed by atoms with van der Waals surface area (Å²) >= 11 is 0. The summed E-state index contributed by atoms with van der Waals surface area (Å²) in [5.41, 5.74) is -0.248. The van der Waals surface area contributed by atoms with Crippen molar-refractivity contribution in [2.24, 2.45) is 0 Å². The Morgan fingerprint density at radius 1 is 1.60 bits per heavy atom. The standard InChI is InChI=1S/C7H4O3/c8-6-4-2-1-3-5(6)7(9)10/h2,4,8H,(H,9,10). The molecule has 0 saturated carbocycles. The van der Waals surface area contributed by atoms with Crippen LogP contribution in [0, 0.1) is 12.1 Å². The zero-order chi connectivity index (χ0) is 7.56. The molecule has 1 rings (SSSR count). The number of aromatic hydroxyl groups is 1. The van der Waals surface area contributed by atoms with Gasteiger partial charge in [0.1, 0.15) is 5.75 Å². The highest BCUT2D eigenvalue weighted by molar-refractivity contribution is 5.89. The average Bonchev–Trinajstić information content (AvgIpc) is 1.88. The Labute approximate surface area is 57.5 Å². The quantitative estimate of drug-likeness (QED) is 0.597. The number of carboxylic acids is 1. The van der Waals surface area contributed by atoms with E-state index in [2.05, 4.69) is 12.1 Å². The second kappa shape index (κ2) is 2.28. The van der Waals surface area contributed by atoms with Gasteiger partial charge in [0, 0.05) is 0 Å². The largest absolute Gasteiger partial charge is 0.506 e. The van der Waals surface area contributed by atoms with Crippen molar-refractivity contribution in [2.45, 2.75) is 0 Å². The van der Waals surface area contributed by atoms with Crippen LogP contribution in [-0.4, -0.2) is 16.2 Å². The van der Waals surface area contributed by atoms with Crippen molar-refractivity contribution in [1.29, 1.82) is 0 Å². The predicted molar refractivity (Wildman–Crippen MR) is 32.7 cm³/mol. The molecule has 0 unspecified atom stereocenters. The first kappa shape index (κ1) is 6.43. The van der Waals surface area contributed by atoms with Crippen molar-refractivity contribution in [2.75, 3.05) is 0 Å². The molecule has 0 heterocycles. The average molecular weight is 136 g/mol. The molecular formula is C7H4O3. The van der Waals surface area contributed by atoms with Gasteiger partial charge in [0.25, 0.3) is 0 Å². The Bertz CT molecular complexity index is 255. The Kier molecular flexibility index (Phi) is 1.46. The molecule has 3 heteroatoms. The molecule has 0 spiro atoms. The second-order valence-corrected chi connectivity index (χ2v) is 1.67. The molecular weight excluding hydrogens is 132 g/mol. The SMILES string of the molecule is O=C(O)c1c#cccc1O. The third-order valence-electron chi connectivity index (χ3n) is 0.992. The van der Waals surface area contributed by atoms with Gasteiger partial charge in [-0.15, -0.1) is 0 Å². The van der Waals surface area contributed by atoms with E-state index in [1.807, 2.05) is 0 Å². The molecule has 10 heavy (non-hydrogen) atoms. The lowest BCUT2D eigenvalue weighted by atomic mass is 10.2. The molecule has 1 aromatic rings. The lowest BCUT2D eigenvalue weighted by Crippen LogP contribution is -1.94. The summed E-state index contributed by atoms with van der Waals surface area (Å²) in [6.45, 7) is 0. The van der Waals surface area contributed by atoms with Crippen LogP contribution in [0.1, 0.15) is 10.4 Å². The van der Waals surface area contributed by atoms with Crippen molar-refractivity contribution < 1.29 is 15.0 Å². The van der Waals surface area contributed by atoms with Crippen molar-refractivity contribution >= 4 is 5.97 Å². The van der Waals surface area contributed by atoms with E-state index in [0.29, 0.717) is 0 Å². The van der Waals surface area contributed by atoms with Gasteiger partial charge in [-0.1, -0.05) is 12.1 Å². The van der Waals surface area contributed by atoms with Crippen molar-refractivity contribution in [3.8, 4) is 5.75 Å². The van der Waals surface area contributed by atoms with Gasteiger partial charge in [-0.25, -0.2) is 4.79 Å². The topological polar surface area (TPSA) is 57.5 Å². The Morgan fingerprint density at radius 2 is 2.30 bits per heavy atom. The number of aromatic carboxylic acids is 1. The molecule has 0 aliphatic carbocycles. The first-order valence-electron chi connectivity index (χ1n) is 2.56. The molecule has 0 radical (unpaired) electrons. The van der Waals surface area contributed by atoms with E-state index in [0.717, 1.165) is 0 Å². The molecule has 0 amide bonds. The normalized spacial score (nSPS) is 8.40. The number of hydrogen-bond donors (Lipinski definition) is 2. The maximum absolute atomic E-state index is 10.2. The third kappa shape index (κ3) is 1.00. The summed E-state index contributed by atoms with van der Waals surface area (Å²) in [5, 5.41) is 17.2. The fourth-order valence-electron chi connectivity index (χ4n) is 0.545. The summed E-state index contributed by atoms with van der Waals surface area (Å²) in [7, 11) is 0. The van der Waals surface area contributed by atoms with Gasteiger partial charge >= 0.3 is 5.97 Å². The van der Waals surface area contributed by atoms with Gasteiger partial charge in [-0.3, -0.25) is 0 Å². The van der Waals surface area contributed by atoms with E-state index in [1.165, 1.54) is 12.1 Å². The maximum Gasteiger partial charge on any atom is 0.348 e. The summed E-state index contributed by atoms with van der Waals surface area (Å²) < 4.78 is 0. The molecule has 0 aliphatic heterocycles. The van der Waals surface area contributed by atoms with Gasteiger partial charge in [-0.05, 0) is 12.1 Å². The summed E-state index contributed by atoms with van der Waals surface area (Å²) in [6, 6.07) is 7.32. The summed E-state index contributed by atoms with van der Waals surface area (Å²) in [5.74, 6) is -1.49. The van der Waals surface area contributed by atoms with E-state index in [-0.39, 0.29) is 11.3 Å². The van der Waals surface area contributed by atoms with Gasteiger partial charge in [0.05, 0.1) is 0 Å². The highest BCUT2D eigenvalue weighted by Crippen LogP contribution is 2.11. The van der Waals surface area contributed by atoms with E-state index in [4.69, 9.17) is 10.2 Å². The first-order valence-corrected chi connectivity index (χ1v) is 2.56. The summed E-state index contributed by atoms with van der Waals surface area (Å²) in [4.78, 5) is 10.2. The monoisotopic (exact) mass is 136 g/mol. The van der Waals surface area contributed by atoms with E-state index in [9.17, 15) is 4.79 Å². The van der Waals surface area contributed by atoms with E-state index in [1.54, 1.807) is 0 Å². The van der Waals surface area contributed by atoms with Gasteiger partial charge in [0.2, 0.25) is 0 Å². The van der Waals surface area contributed by atoms with Gasteiger partial charge in [0.15, 0.2) is 5.56 Å². The molecule has 3 nitrogen and oxygen atoms in total. The van der Waals surface area contributed by atoms with Crippen LogP contribution in [0.3, 0.4) is 0 Å². The van der Waals surface area contributed by atoms with Crippen molar-refractivity contribution in [3.05, 3.63) is 29.8 Å². The minimum Gasteiger partial charge on any atom is -0.506 e. The van der Waals surface area contributed by atoms with Crippen LogP contribution in [0.4, 0.5) is 0 Å². The molecule has 0 saturated heterocycles. The lowest BCUT2D eigenvalue weighted by molar-refractivity contribution is 0.0694. The maximum atomic E-state index is 10.2. The van der Waals surface area contributed by atoms with Crippen LogP contribution in [0.2, 0.25) is 0 Å². The number of hydrogen-bond acceptors (Lipinski definition) is 2. The van der Waals surface area contributed by atoms with Gasteiger partial charge in [-0.2, -0.15) is 0 Å². The molecule has 1 aromatic carbocycles. The second-order valence-electron chi connectivity index (χ2n) is 1.67. The number of carboxylic acid groups (broad SMARTS) is 1. The molecule has 50 valence electrons. The summed E-state index contributed by atoms with van der Waals surface area (Å²) in [6.07, 6.45) is 0. The number of carbonyl (C=O) groups is 1. The van der Waals surface area contributed by atoms with Crippen molar-refractivity contribution in [1.82, 2.24) is 0 Å². The lowest BCUT2D eigenvalue weighted by Gasteiger charge is -1.90. The fraction of sp³-hybridized carbons (Fsp3) is 0. The highest BCUT2D eigenvalue weighted by atomic mass is 16.4. The number of rotatable bonds is 1. The highest BCUT2D eigenvalue weighted by Gasteiger charge is 2.05. The molecule has 0 atom stereocenters. The minimum absolute atomic E-state index is 0.248. The molecule has 0 bridgehead atoms. The van der Waals surface area contributed by atoms with E-state index < -0.39 is 5.97 Å². The first-order chi connectivity index (χ1) is 4.72. The fourth-order valence-corrected chi connectivity index (χ4v) is 0.545. The van der Waals surface area contributed by atoms with Crippen LogP contribution in [0.25, 0.3) is 0 Å². The molecule has 2 N–H and O–H groups in total.